The number of rotatable bonds is 4. The largest absolute Gasteiger partial charge is 0.481 e. The van der Waals surface area contributed by atoms with Crippen molar-refractivity contribution in [1.82, 2.24) is 5.32 Å². The van der Waals surface area contributed by atoms with Gasteiger partial charge in [0.2, 0.25) is 0 Å². The van der Waals surface area contributed by atoms with E-state index in [-0.39, 0.29) is 17.1 Å². The molecule has 92 valence electrons. The summed E-state index contributed by atoms with van der Waals surface area (Å²) in [4.78, 5) is 22.0. The zero-order valence-electron chi connectivity index (χ0n) is 9.04. The smallest absolute Gasteiger partial charge is 0.308 e. The van der Waals surface area contributed by atoms with Crippen molar-refractivity contribution in [2.75, 3.05) is 6.54 Å². The van der Waals surface area contributed by atoms with Crippen molar-refractivity contribution in [2.24, 2.45) is 5.92 Å². The number of benzene rings is 1. The Morgan fingerprint density at radius 2 is 2.18 bits per heavy atom. The van der Waals surface area contributed by atoms with Crippen molar-refractivity contribution in [1.29, 1.82) is 0 Å². The summed E-state index contributed by atoms with van der Waals surface area (Å²) in [5.41, 5.74) is -0.160. The molecule has 0 aliphatic heterocycles. The molecule has 1 unspecified atom stereocenters. The Kier molecular flexibility index (Phi) is 4.45. The van der Waals surface area contributed by atoms with E-state index >= 15 is 0 Å². The highest BCUT2D eigenvalue weighted by atomic mass is 35.5. The molecule has 1 aromatic rings. The van der Waals surface area contributed by atoms with Gasteiger partial charge in [0.1, 0.15) is 5.82 Å². The van der Waals surface area contributed by atoms with Crippen LogP contribution in [0.3, 0.4) is 0 Å². The van der Waals surface area contributed by atoms with Gasteiger partial charge in [-0.1, -0.05) is 18.5 Å². The summed E-state index contributed by atoms with van der Waals surface area (Å²) in [5.74, 6) is -3.15. The van der Waals surface area contributed by atoms with Crippen LogP contribution in [0.2, 0.25) is 5.02 Å². The molecule has 1 rings (SSSR count). The zero-order valence-corrected chi connectivity index (χ0v) is 9.79. The summed E-state index contributed by atoms with van der Waals surface area (Å²) in [7, 11) is 0. The molecular formula is C11H11ClFNO3. The van der Waals surface area contributed by atoms with Crippen LogP contribution in [-0.2, 0) is 4.79 Å². The van der Waals surface area contributed by atoms with E-state index in [2.05, 4.69) is 5.32 Å². The Labute approximate surface area is 102 Å². The Morgan fingerprint density at radius 3 is 2.71 bits per heavy atom. The van der Waals surface area contributed by atoms with Crippen LogP contribution in [0, 0.1) is 11.7 Å². The molecule has 0 saturated carbocycles. The predicted octanol–water partition coefficient (Wildman–Crippen LogP) is 1.93. The molecule has 1 amide bonds. The van der Waals surface area contributed by atoms with Gasteiger partial charge in [0.05, 0.1) is 11.5 Å². The fourth-order valence-electron chi connectivity index (χ4n) is 1.10. The highest BCUT2D eigenvalue weighted by molar-refractivity contribution is 6.30. The average Bonchev–Trinajstić information content (AvgIpc) is 2.25. The lowest BCUT2D eigenvalue weighted by Crippen LogP contribution is -2.31. The van der Waals surface area contributed by atoms with Gasteiger partial charge in [-0.25, -0.2) is 4.39 Å². The van der Waals surface area contributed by atoms with Crippen LogP contribution >= 0.6 is 11.6 Å². The molecule has 1 atom stereocenters. The number of carboxylic acid groups (broad SMARTS) is 1. The second-order valence-electron chi connectivity index (χ2n) is 3.57. The van der Waals surface area contributed by atoms with Crippen molar-refractivity contribution in [3.63, 3.8) is 0 Å². The second kappa shape index (κ2) is 5.63. The summed E-state index contributed by atoms with van der Waals surface area (Å²) in [6, 6.07) is 3.66. The number of aliphatic carboxylic acids is 1. The summed E-state index contributed by atoms with van der Waals surface area (Å²) in [6.45, 7) is 1.39. The third-order valence-corrected chi connectivity index (χ3v) is 2.40. The van der Waals surface area contributed by atoms with Gasteiger partial charge in [-0.15, -0.1) is 0 Å². The molecule has 0 heterocycles. The molecule has 0 bridgehead atoms. The first-order valence-electron chi connectivity index (χ1n) is 4.88. The molecule has 4 nitrogen and oxygen atoms in total. The number of amides is 1. The number of carboxylic acids is 1. The minimum absolute atomic E-state index is 0.0593. The quantitative estimate of drug-likeness (QED) is 0.868. The van der Waals surface area contributed by atoms with E-state index in [0.717, 1.165) is 6.07 Å². The first kappa shape index (κ1) is 13.4. The summed E-state index contributed by atoms with van der Waals surface area (Å²) >= 11 is 5.54. The lowest BCUT2D eigenvalue weighted by atomic mass is 10.1. The molecule has 2 N–H and O–H groups in total. The number of halogens is 2. The number of carbonyl (C=O) groups excluding carboxylic acids is 1. The van der Waals surface area contributed by atoms with Crippen LogP contribution in [0.25, 0.3) is 0 Å². The average molecular weight is 260 g/mol. The summed E-state index contributed by atoms with van der Waals surface area (Å²) < 4.78 is 13.3. The third-order valence-electron chi connectivity index (χ3n) is 2.17. The minimum Gasteiger partial charge on any atom is -0.481 e. The second-order valence-corrected chi connectivity index (χ2v) is 4.01. The van der Waals surface area contributed by atoms with Crippen LogP contribution in [0.4, 0.5) is 4.39 Å². The Hall–Kier alpha value is -1.62. The number of nitrogens with one attached hydrogen (secondary N) is 1. The van der Waals surface area contributed by atoms with Crippen molar-refractivity contribution >= 4 is 23.5 Å². The summed E-state index contributed by atoms with van der Waals surface area (Å²) in [5, 5.41) is 11.1. The van der Waals surface area contributed by atoms with Crippen molar-refractivity contribution in [3.8, 4) is 0 Å². The minimum atomic E-state index is -1.03. The fraction of sp³-hybridized carbons (Fsp3) is 0.273. The van der Waals surface area contributed by atoms with Gasteiger partial charge in [0.25, 0.3) is 5.91 Å². The van der Waals surface area contributed by atoms with E-state index in [1.54, 1.807) is 0 Å². The molecule has 0 radical (unpaired) electrons. The normalized spacial score (nSPS) is 11.9. The zero-order chi connectivity index (χ0) is 13.0. The lowest BCUT2D eigenvalue weighted by Gasteiger charge is -2.09. The van der Waals surface area contributed by atoms with Gasteiger partial charge in [-0.3, -0.25) is 9.59 Å². The molecule has 17 heavy (non-hydrogen) atoms. The van der Waals surface area contributed by atoms with Gasteiger partial charge in [0, 0.05) is 11.6 Å². The van der Waals surface area contributed by atoms with Gasteiger partial charge in [-0.2, -0.15) is 0 Å². The van der Waals surface area contributed by atoms with Crippen LogP contribution < -0.4 is 5.32 Å². The van der Waals surface area contributed by atoms with Gasteiger partial charge >= 0.3 is 5.97 Å². The fourth-order valence-corrected chi connectivity index (χ4v) is 1.26. The summed E-state index contributed by atoms with van der Waals surface area (Å²) in [6.07, 6.45) is 0. The number of hydrogen-bond donors (Lipinski definition) is 2. The lowest BCUT2D eigenvalue weighted by molar-refractivity contribution is -0.140. The first-order valence-corrected chi connectivity index (χ1v) is 5.25. The van der Waals surface area contributed by atoms with E-state index in [4.69, 9.17) is 16.7 Å². The van der Waals surface area contributed by atoms with Crippen molar-refractivity contribution < 1.29 is 19.1 Å². The van der Waals surface area contributed by atoms with Crippen LogP contribution in [0.15, 0.2) is 18.2 Å². The monoisotopic (exact) mass is 259 g/mol. The van der Waals surface area contributed by atoms with Gasteiger partial charge in [0.15, 0.2) is 0 Å². The molecule has 0 saturated heterocycles. The highest BCUT2D eigenvalue weighted by Crippen LogP contribution is 2.14. The van der Waals surface area contributed by atoms with Gasteiger partial charge < -0.3 is 10.4 Å². The van der Waals surface area contributed by atoms with Crippen LogP contribution in [-0.4, -0.2) is 23.5 Å². The van der Waals surface area contributed by atoms with E-state index in [0.29, 0.717) is 0 Å². The first-order chi connectivity index (χ1) is 7.91. The topological polar surface area (TPSA) is 66.4 Å². The van der Waals surface area contributed by atoms with E-state index in [1.807, 2.05) is 0 Å². The van der Waals surface area contributed by atoms with Crippen LogP contribution in [0.1, 0.15) is 17.3 Å². The molecule has 0 aliphatic carbocycles. The molecular weight excluding hydrogens is 249 g/mol. The highest BCUT2D eigenvalue weighted by Gasteiger charge is 2.15. The van der Waals surface area contributed by atoms with Crippen molar-refractivity contribution in [2.45, 2.75) is 6.92 Å². The van der Waals surface area contributed by atoms with E-state index in [9.17, 15) is 14.0 Å². The van der Waals surface area contributed by atoms with Crippen molar-refractivity contribution in [3.05, 3.63) is 34.6 Å². The Morgan fingerprint density at radius 1 is 1.53 bits per heavy atom. The molecule has 6 heteroatoms. The maximum Gasteiger partial charge on any atom is 0.308 e. The van der Waals surface area contributed by atoms with E-state index in [1.165, 1.54) is 19.1 Å². The Balaban J connectivity index is 2.67. The maximum atomic E-state index is 13.3. The Bertz CT molecular complexity index is 450. The molecule has 0 aliphatic rings. The maximum absolute atomic E-state index is 13.3. The SMILES string of the molecule is CC(CNC(=O)c1ccc(Cl)cc1F)C(=O)O. The van der Waals surface area contributed by atoms with Crippen LogP contribution in [0.5, 0.6) is 0 Å². The third kappa shape index (κ3) is 3.71. The molecule has 1 aromatic carbocycles. The van der Waals surface area contributed by atoms with E-state index < -0.39 is 23.6 Å². The molecule has 0 aromatic heterocycles. The predicted molar refractivity (Wildman–Crippen MR) is 60.5 cm³/mol. The molecule has 0 fully saturated rings. The molecule has 0 spiro atoms. The number of carbonyl (C=O) groups is 2. The van der Waals surface area contributed by atoms with Gasteiger partial charge in [-0.05, 0) is 18.2 Å². The number of hydrogen-bond acceptors (Lipinski definition) is 2. The standard InChI is InChI=1S/C11H11ClFNO3/c1-6(11(16)17)5-14-10(15)8-3-2-7(12)4-9(8)13/h2-4,6H,5H2,1H3,(H,14,15)(H,16,17).